The number of nitrogens with one attached hydrogen (secondary N) is 1. The van der Waals surface area contributed by atoms with Crippen molar-refractivity contribution in [3.63, 3.8) is 0 Å². The highest BCUT2D eigenvalue weighted by Crippen LogP contribution is 2.49. The molecule has 0 bridgehead atoms. The van der Waals surface area contributed by atoms with Crippen molar-refractivity contribution in [2.24, 2.45) is 5.41 Å². The van der Waals surface area contributed by atoms with E-state index < -0.39 is 6.10 Å². The molecule has 104 valence electrons. The molecule has 0 amide bonds. The molecule has 2 aliphatic rings. The third-order valence-electron chi connectivity index (χ3n) is 4.11. The summed E-state index contributed by atoms with van der Waals surface area (Å²) < 4.78 is 11.8. The van der Waals surface area contributed by atoms with Crippen molar-refractivity contribution in [3.05, 3.63) is 23.3 Å². The molecule has 19 heavy (non-hydrogen) atoms. The van der Waals surface area contributed by atoms with E-state index in [4.69, 9.17) is 9.47 Å². The van der Waals surface area contributed by atoms with Crippen molar-refractivity contribution < 1.29 is 14.6 Å². The van der Waals surface area contributed by atoms with Crippen molar-refractivity contribution in [2.75, 3.05) is 26.8 Å². The van der Waals surface area contributed by atoms with Crippen LogP contribution in [0.2, 0.25) is 0 Å². The number of aryl methyl sites for hydroxylation is 1. The molecular weight excluding hydrogens is 242 g/mol. The van der Waals surface area contributed by atoms with Crippen LogP contribution in [0.1, 0.15) is 30.1 Å². The summed E-state index contributed by atoms with van der Waals surface area (Å²) >= 11 is 0. The van der Waals surface area contributed by atoms with Crippen LogP contribution in [0.3, 0.4) is 0 Å². The molecule has 4 heteroatoms. The van der Waals surface area contributed by atoms with Gasteiger partial charge in [-0.05, 0) is 50.1 Å². The molecular formula is C15H21NO3. The molecule has 1 fully saturated rings. The third-order valence-corrected chi connectivity index (χ3v) is 4.11. The normalized spacial score (nSPS) is 21.0. The molecule has 3 rings (SSSR count). The first-order chi connectivity index (χ1) is 9.13. The molecule has 2 N–H and O–H groups in total. The number of aliphatic hydroxyl groups excluding tert-OH is 1. The fourth-order valence-electron chi connectivity index (χ4n) is 2.53. The second-order valence-electron chi connectivity index (χ2n) is 5.81. The van der Waals surface area contributed by atoms with Crippen LogP contribution >= 0.6 is 0 Å². The highest BCUT2D eigenvalue weighted by molar-refractivity contribution is 5.48. The zero-order valence-corrected chi connectivity index (χ0v) is 11.5. The van der Waals surface area contributed by atoms with E-state index in [2.05, 4.69) is 5.32 Å². The van der Waals surface area contributed by atoms with Crippen molar-refractivity contribution in [1.82, 2.24) is 5.32 Å². The van der Waals surface area contributed by atoms with Gasteiger partial charge in [-0.3, -0.25) is 0 Å². The molecule has 0 aromatic heterocycles. The van der Waals surface area contributed by atoms with Gasteiger partial charge in [-0.2, -0.15) is 0 Å². The maximum Gasteiger partial charge on any atom is 0.161 e. The van der Waals surface area contributed by atoms with Gasteiger partial charge < -0.3 is 19.9 Å². The highest BCUT2D eigenvalue weighted by atomic mass is 16.5. The topological polar surface area (TPSA) is 50.7 Å². The summed E-state index contributed by atoms with van der Waals surface area (Å²) in [4.78, 5) is 0. The number of benzene rings is 1. The molecule has 1 atom stereocenters. The smallest absolute Gasteiger partial charge is 0.161 e. The van der Waals surface area contributed by atoms with Gasteiger partial charge in [0, 0.05) is 12.0 Å². The number of hydrogen-bond donors (Lipinski definition) is 2. The van der Waals surface area contributed by atoms with E-state index in [0.717, 1.165) is 35.8 Å². The van der Waals surface area contributed by atoms with Gasteiger partial charge in [0.15, 0.2) is 11.5 Å². The molecule has 1 aliphatic heterocycles. The van der Waals surface area contributed by atoms with Gasteiger partial charge in [0.1, 0.15) is 0 Å². The molecule has 1 spiro atoms. The summed E-state index contributed by atoms with van der Waals surface area (Å²) in [6.45, 7) is 4.00. The highest BCUT2D eigenvalue weighted by Gasteiger charge is 2.46. The molecule has 1 saturated carbocycles. The zero-order valence-electron chi connectivity index (χ0n) is 11.5. The Bertz CT molecular complexity index is 483. The largest absolute Gasteiger partial charge is 0.489 e. The lowest BCUT2D eigenvalue weighted by Gasteiger charge is -2.16. The zero-order chi connectivity index (χ0) is 13.5. The lowest BCUT2D eigenvalue weighted by atomic mass is 10.0. The third kappa shape index (κ3) is 2.42. The van der Waals surface area contributed by atoms with Crippen molar-refractivity contribution >= 4 is 0 Å². The molecule has 4 nitrogen and oxygen atoms in total. The van der Waals surface area contributed by atoms with Gasteiger partial charge in [0.25, 0.3) is 0 Å². The van der Waals surface area contributed by atoms with Crippen LogP contribution in [0.4, 0.5) is 0 Å². The predicted molar refractivity (Wildman–Crippen MR) is 72.7 cm³/mol. The standard InChI is InChI=1S/C15H21NO3/c1-10-5-13-14(6-11(10)12(17)7-16-2)19-9-15(3-4-15)8-18-13/h5-6,12,16-17H,3-4,7-9H2,1-2H3. The molecule has 1 unspecified atom stereocenters. The molecule has 0 saturated heterocycles. The van der Waals surface area contributed by atoms with Crippen LogP contribution in [0, 0.1) is 12.3 Å². The Morgan fingerprint density at radius 3 is 2.47 bits per heavy atom. The second-order valence-corrected chi connectivity index (χ2v) is 5.81. The average molecular weight is 263 g/mol. The van der Waals surface area contributed by atoms with E-state index in [-0.39, 0.29) is 5.41 Å². The number of ether oxygens (including phenoxy) is 2. The molecule has 1 heterocycles. The number of hydrogen-bond acceptors (Lipinski definition) is 4. The minimum atomic E-state index is -0.517. The Hall–Kier alpha value is -1.26. The summed E-state index contributed by atoms with van der Waals surface area (Å²) in [5.74, 6) is 1.57. The fraction of sp³-hybridized carbons (Fsp3) is 0.600. The first-order valence-electron chi connectivity index (χ1n) is 6.86. The lowest BCUT2D eigenvalue weighted by Crippen LogP contribution is -2.17. The minimum absolute atomic E-state index is 0.247. The Morgan fingerprint density at radius 1 is 1.26 bits per heavy atom. The van der Waals surface area contributed by atoms with Crippen LogP contribution in [0.15, 0.2) is 12.1 Å². The quantitative estimate of drug-likeness (QED) is 0.873. The maximum absolute atomic E-state index is 10.1. The predicted octanol–water partition coefficient (Wildman–Crippen LogP) is 1.80. The van der Waals surface area contributed by atoms with E-state index in [1.54, 1.807) is 0 Å². The average Bonchev–Trinajstić information content (AvgIpc) is 3.18. The van der Waals surface area contributed by atoms with Gasteiger partial charge in [-0.15, -0.1) is 0 Å². The van der Waals surface area contributed by atoms with Gasteiger partial charge in [0.05, 0.1) is 19.3 Å². The number of rotatable bonds is 3. The molecule has 1 aromatic carbocycles. The first-order valence-corrected chi connectivity index (χ1v) is 6.86. The van der Waals surface area contributed by atoms with Crippen LogP contribution < -0.4 is 14.8 Å². The van der Waals surface area contributed by atoms with Gasteiger partial charge in [0.2, 0.25) is 0 Å². The second kappa shape index (κ2) is 4.69. The molecule has 0 radical (unpaired) electrons. The number of fused-ring (bicyclic) bond motifs is 1. The van der Waals surface area contributed by atoms with E-state index in [1.165, 1.54) is 12.8 Å². The van der Waals surface area contributed by atoms with Crippen LogP contribution in [0.5, 0.6) is 11.5 Å². The number of likely N-dealkylation sites (N-methyl/N-ethyl adjacent to an activating group) is 1. The van der Waals surface area contributed by atoms with Crippen molar-refractivity contribution in [1.29, 1.82) is 0 Å². The molecule has 1 aliphatic carbocycles. The van der Waals surface area contributed by atoms with Gasteiger partial charge >= 0.3 is 0 Å². The SMILES string of the molecule is CNCC(O)c1cc2c(cc1C)OCC1(CC1)CO2. The summed E-state index contributed by atoms with van der Waals surface area (Å²) in [5.41, 5.74) is 2.19. The lowest BCUT2D eigenvalue weighted by molar-refractivity contribution is 0.176. The van der Waals surface area contributed by atoms with Crippen LogP contribution in [-0.2, 0) is 0 Å². The van der Waals surface area contributed by atoms with Gasteiger partial charge in [-0.1, -0.05) is 0 Å². The monoisotopic (exact) mass is 263 g/mol. The Balaban J connectivity index is 1.88. The first kappa shape index (κ1) is 12.8. The van der Waals surface area contributed by atoms with Crippen molar-refractivity contribution in [3.8, 4) is 11.5 Å². The Labute approximate surface area is 113 Å². The Morgan fingerprint density at radius 2 is 1.89 bits per heavy atom. The minimum Gasteiger partial charge on any atom is -0.489 e. The maximum atomic E-state index is 10.1. The van der Waals surface area contributed by atoms with E-state index in [1.807, 2.05) is 26.1 Å². The van der Waals surface area contributed by atoms with Crippen LogP contribution in [0.25, 0.3) is 0 Å². The molecule has 1 aromatic rings. The van der Waals surface area contributed by atoms with Gasteiger partial charge in [-0.25, -0.2) is 0 Å². The number of aliphatic hydroxyl groups is 1. The summed E-state index contributed by atoms with van der Waals surface area (Å²) in [5, 5.41) is 13.1. The van der Waals surface area contributed by atoms with E-state index in [0.29, 0.717) is 6.54 Å². The van der Waals surface area contributed by atoms with E-state index >= 15 is 0 Å². The Kier molecular flexibility index (Phi) is 3.15. The van der Waals surface area contributed by atoms with Crippen molar-refractivity contribution in [2.45, 2.75) is 25.9 Å². The van der Waals surface area contributed by atoms with Crippen LogP contribution in [-0.4, -0.2) is 31.9 Å². The summed E-state index contributed by atoms with van der Waals surface area (Å²) in [7, 11) is 1.83. The van der Waals surface area contributed by atoms with E-state index in [9.17, 15) is 5.11 Å². The summed E-state index contributed by atoms with van der Waals surface area (Å²) in [6.07, 6.45) is 1.86. The summed E-state index contributed by atoms with van der Waals surface area (Å²) in [6, 6.07) is 3.90. The fourth-order valence-corrected chi connectivity index (χ4v) is 2.53.